The van der Waals surface area contributed by atoms with E-state index in [0.717, 1.165) is 0 Å². The minimum atomic E-state index is -0.617. The summed E-state index contributed by atoms with van der Waals surface area (Å²) in [6.07, 6.45) is -0.617. The number of carbonyl (C=O) groups excluding carboxylic acids is 2. The summed E-state index contributed by atoms with van der Waals surface area (Å²) in [7, 11) is 0. The van der Waals surface area contributed by atoms with Gasteiger partial charge in [-0.15, -0.1) is 0 Å². The molecule has 64 valence electrons. The Labute approximate surface area is 70.7 Å². The first-order chi connectivity index (χ1) is 5.06. The van der Waals surface area contributed by atoms with E-state index in [-0.39, 0.29) is 11.7 Å². The fraction of sp³-hybridized carbons (Fsp3) is 0.667. The van der Waals surface area contributed by atoms with Crippen molar-refractivity contribution in [3.05, 3.63) is 0 Å². The van der Waals surface area contributed by atoms with Crippen LogP contribution in [0.25, 0.3) is 0 Å². The smallest absolute Gasteiger partial charge is 0.304 e. The Morgan fingerprint density at radius 2 is 2.09 bits per heavy atom. The molecule has 0 aliphatic carbocycles. The molecule has 0 saturated carbocycles. The van der Waals surface area contributed by atoms with Gasteiger partial charge in [0.25, 0.3) is 0 Å². The lowest BCUT2D eigenvalue weighted by Crippen LogP contribution is -2.37. The highest BCUT2D eigenvalue weighted by Crippen LogP contribution is 1.91. The Morgan fingerprint density at radius 1 is 1.55 bits per heavy atom. The second-order valence-corrected chi connectivity index (χ2v) is 2.35. The van der Waals surface area contributed by atoms with Gasteiger partial charge in [-0.25, -0.2) is 0 Å². The Hall–Kier alpha value is -0.710. The highest BCUT2D eigenvalue weighted by atomic mass is 32.1. The van der Waals surface area contributed by atoms with Gasteiger partial charge < -0.3 is 10.1 Å². The molecule has 0 saturated heterocycles. The van der Waals surface area contributed by atoms with Gasteiger partial charge in [-0.3, -0.25) is 9.59 Å². The zero-order valence-electron chi connectivity index (χ0n) is 6.46. The number of ether oxygens (including phenoxy) is 1. The van der Waals surface area contributed by atoms with Crippen LogP contribution in [0.4, 0.5) is 0 Å². The molecule has 0 radical (unpaired) electrons. The van der Waals surface area contributed by atoms with Gasteiger partial charge >= 0.3 is 5.97 Å². The average Bonchev–Trinajstić information content (AvgIpc) is 1.84. The second-order valence-electron chi connectivity index (χ2n) is 1.98. The van der Waals surface area contributed by atoms with E-state index in [1.807, 2.05) is 0 Å². The molecule has 0 aromatic heterocycles. The third-order valence-electron chi connectivity index (χ3n) is 0.838. The highest BCUT2D eigenvalue weighted by Gasteiger charge is 2.09. The Morgan fingerprint density at radius 3 is 2.36 bits per heavy atom. The van der Waals surface area contributed by atoms with E-state index in [9.17, 15) is 9.59 Å². The van der Waals surface area contributed by atoms with Crippen LogP contribution in [0.2, 0.25) is 0 Å². The molecular formula is C6H11NO3S. The van der Waals surface area contributed by atoms with Gasteiger partial charge in [0.15, 0.2) is 6.23 Å². The maximum absolute atomic E-state index is 10.5. The van der Waals surface area contributed by atoms with Crippen molar-refractivity contribution in [3.63, 3.8) is 0 Å². The van der Waals surface area contributed by atoms with E-state index in [2.05, 4.69) is 22.7 Å². The van der Waals surface area contributed by atoms with Crippen LogP contribution in [0, 0.1) is 0 Å². The van der Waals surface area contributed by atoms with Crippen molar-refractivity contribution in [2.24, 2.45) is 0 Å². The predicted octanol–water partition coefficient (Wildman–Crippen LogP) is -0.0585. The molecule has 11 heavy (non-hydrogen) atoms. The fourth-order valence-electron chi connectivity index (χ4n) is 0.539. The molecule has 1 atom stereocenters. The third kappa shape index (κ3) is 5.72. The topological polar surface area (TPSA) is 55.4 Å². The van der Waals surface area contributed by atoms with Gasteiger partial charge in [0.2, 0.25) is 5.91 Å². The SMILES string of the molecule is CC(=O)NC(CS)OC(C)=O. The van der Waals surface area contributed by atoms with Crippen LogP contribution in [0.5, 0.6) is 0 Å². The molecule has 0 spiro atoms. The number of esters is 1. The van der Waals surface area contributed by atoms with Crippen molar-refractivity contribution in [2.45, 2.75) is 20.1 Å². The number of thiol groups is 1. The lowest BCUT2D eigenvalue weighted by atomic mass is 10.6. The van der Waals surface area contributed by atoms with Crippen LogP contribution in [0.1, 0.15) is 13.8 Å². The minimum absolute atomic E-state index is 0.245. The maximum atomic E-state index is 10.5. The molecule has 0 aliphatic rings. The molecular weight excluding hydrogens is 166 g/mol. The molecule has 5 heteroatoms. The van der Waals surface area contributed by atoms with Gasteiger partial charge in [-0.2, -0.15) is 12.6 Å². The summed E-state index contributed by atoms with van der Waals surface area (Å²) >= 11 is 3.87. The number of hydrogen-bond donors (Lipinski definition) is 2. The van der Waals surface area contributed by atoms with Crippen LogP contribution < -0.4 is 5.32 Å². The van der Waals surface area contributed by atoms with Gasteiger partial charge in [0, 0.05) is 19.6 Å². The van der Waals surface area contributed by atoms with E-state index in [1.54, 1.807) is 0 Å². The minimum Gasteiger partial charge on any atom is -0.441 e. The maximum Gasteiger partial charge on any atom is 0.304 e. The summed E-state index contributed by atoms with van der Waals surface area (Å²) in [6.45, 7) is 2.62. The fourth-order valence-corrected chi connectivity index (χ4v) is 0.705. The Bertz CT molecular complexity index is 144. The molecule has 0 aromatic rings. The van der Waals surface area contributed by atoms with Gasteiger partial charge in [0.05, 0.1) is 0 Å². The standard InChI is InChI=1S/C6H11NO3S/c1-4(8)7-6(3-11)10-5(2)9/h6,11H,3H2,1-2H3,(H,7,8). The Balaban J connectivity index is 3.76. The second kappa shape index (κ2) is 5.01. The molecule has 0 aliphatic heterocycles. The number of nitrogens with one attached hydrogen (secondary N) is 1. The van der Waals surface area contributed by atoms with E-state index in [4.69, 9.17) is 0 Å². The van der Waals surface area contributed by atoms with E-state index < -0.39 is 12.2 Å². The summed E-state index contributed by atoms with van der Waals surface area (Å²) < 4.78 is 4.66. The predicted molar refractivity (Wildman–Crippen MR) is 43.2 cm³/mol. The van der Waals surface area contributed by atoms with Crippen LogP contribution in [-0.2, 0) is 14.3 Å². The average molecular weight is 177 g/mol. The molecule has 1 amide bonds. The first kappa shape index (κ1) is 10.3. The van der Waals surface area contributed by atoms with Crippen LogP contribution in [0.15, 0.2) is 0 Å². The molecule has 0 rings (SSSR count). The lowest BCUT2D eigenvalue weighted by molar-refractivity contribution is -0.147. The van der Waals surface area contributed by atoms with Crippen LogP contribution in [-0.4, -0.2) is 23.9 Å². The monoisotopic (exact) mass is 177 g/mol. The Kier molecular flexibility index (Phi) is 4.69. The van der Waals surface area contributed by atoms with E-state index in [0.29, 0.717) is 0 Å². The van der Waals surface area contributed by atoms with Gasteiger partial charge in [-0.1, -0.05) is 0 Å². The highest BCUT2D eigenvalue weighted by molar-refractivity contribution is 7.80. The first-order valence-corrected chi connectivity index (χ1v) is 3.74. The molecule has 0 heterocycles. The molecule has 0 aromatic carbocycles. The van der Waals surface area contributed by atoms with E-state index >= 15 is 0 Å². The lowest BCUT2D eigenvalue weighted by Gasteiger charge is -2.14. The molecule has 1 unspecified atom stereocenters. The largest absolute Gasteiger partial charge is 0.441 e. The van der Waals surface area contributed by atoms with Crippen molar-refractivity contribution in [3.8, 4) is 0 Å². The number of amides is 1. The zero-order valence-corrected chi connectivity index (χ0v) is 7.35. The number of hydrogen-bond acceptors (Lipinski definition) is 4. The normalized spacial score (nSPS) is 11.9. The summed E-state index contributed by atoms with van der Waals surface area (Å²) in [5.41, 5.74) is 0. The molecule has 0 bridgehead atoms. The number of carbonyl (C=O) groups is 2. The number of rotatable bonds is 3. The van der Waals surface area contributed by atoms with Crippen molar-refractivity contribution in [1.82, 2.24) is 5.32 Å². The molecule has 1 N–H and O–H groups in total. The quantitative estimate of drug-likeness (QED) is 0.361. The van der Waals surface area contributed by atoms with Crippen LogP contribution in [0.3, 0.4) is 0 Å². The molecule has 0 fully saturated rings. The summed E-state index contributed by atoms with van der Waals surface area (Å²) in [4.78, 5) is 20.8. The first-order valence-electron chi connectivity index (χ1n) is 3.11. The van der Waals surface area contributed by atoms with Crippen LogP contribution >= 0.6 is 12.6 Å². The van der Waals surface area contributed by atoms with Gasteiger partial charge in [0.1, 0.15) is 0 Å². The zero-order chi connectivity index (χ0) is 8.85. The van der Waals surface area contributed by atoms with Crippen molar-refractivity contribution >= 4 is 24.5 Å². The van der Waals surface area contributed by atoms with Crippen molar-refractivity contribution in [1.29, 1.82) is 0 Å². The third-order valence-corrected chi connectivity index (χ3v) is 1.17. The molecule has 4 nitrogen and oxygen atoms in total. The van der Waals surface area contributed by atoms with E-state index in [1.165, 1.54) is 13.8 Å². The van der Waals surface area contributed by atoms with Crippen molar-refractivity contribution in [2.75, 3.05) is 5.75 Å². The van der Waals surface area contributed by atoms with Crippen molar-refractivity contribution < 1.29 is 14.3 Å². The summed E-state index contributed by atoms with van der Waals surface area (Å²) in [5.74, 6) is -0.401. The van der Waals surface area contributed by atoms with Gasteiger partial charge in [-0.05, 0) is 0 Å². The summed E-state index contributed by atoms with van der Waals surface area (Å²) in [5, 5.41) is 2.40. The summed E-state index contributed by atoms with van der Waals surface area (Å²) in [6, 6.07) is 0.